The molecular formula is C26H33N5O2. The summed E-state index contributed by atoms with van der Waals surface area (Å²) in [4.78, 5) is 17.2. The number of carbonyl (C=O) groups is 1. The van der Waals surface area contributed by atoms with E-state index in [1.54, 1.807) is 4.68 Å². The van der Waals surface area contributed by atoms with Crippen molar-refractivity contribution in [3.63, 3.8) is 0 Å². The van der Waals surface area contributed by atoms with E-state index in [0.29, 0.717) is 12.8 Å². The van der Waals surface area contributed by atoms with Crippen molar-refractivity contribution in [2.24, 2.45) is 0 Å². The van der Waals surface area contributed by atoms with Crippen molar-refractivity contribution in [3.05, 3.63) is 72.1 Å². The van der Waals surface area contributed by atoms with E-state index in [9.17, 15) is 4.79 Å². The molecule has 1 fully saturated rings. The van der Waals surface area contributed by atoms with Crippen molar-refractivity contribution in [1.29, 1.82) is 0 Å². The zero-order chi connectivity index (χ0) is 23.0. The quantitative estimate of drug-likeness (QED) is 0.545. The largest absolute Gasteiger partial charge is 0.396 e. The first kappa shape index (κ1) is 23.1. The topological polar surface area (TPSA) is 74.5 Å². The molecule has 174 valence electrons. The number of hydrogen-bond donors (Lipinski definition) is 1. The van der Waals surface area contributed by atoms with Crippen molar-refractivity contribution in [2.45, 2.75) is 45.1 Å². The van der Waals surface area contributed by atoms with E-state index in [1.807, 2.05) is 48.4 Å². The Morgan fingerprint density at radius 3 is 2.45 bits per heavy atom. The second-order valence-corrected chi connectivity index (χ2v) is 8.57. The van der Waals surface area contributed by atoms with E-state index >= 15 is 0 Å². The van der Waals surface area contributed by atoms with Crippen LogP contribution >= 0.6 is 0 Å². The van der Waals surface area contributed by atoms with Gasteiger partial charge in [0.2, 0.25) is 5.91 Å². The molecule has 0 unspecified atom stereocenters. The molecule has 2 heterocycles. The fourth-order valence-corrected chi connectivity index (χ4v) is 4.47. The van der Waals surface area contributed by atoms with Crippen LogP contribution in [0.25, 0.3) is 5.69 Å². The minimum absolute atomic E-state index is 0.0775. The number of aliphatic hydroxyl groups is 1. The number of rotatable bonds is 9. The van der Waals surface area contributed by atoms with Crippen LogP contribution in [0.1, 0.15) is 37.4 Å². The summed E-state index contributed by atoms with van der Waals surface area (Å²) < 4.78 is 1.75. The zero-order valence-electron chi connectivity index (χ0n) is 19.3. The summed E-state index contributed by atoms with van der Waals surface area (Å²) in [7, 11) is 0. The smallest absolute Gasteiger partial charge is 0.226 e. The summed E-state index contributed by atoms with van der Waals surface area (Å²) in [6.45, 7) is 5.05. The molecule has 0 radical (unpaired) electrons. The number of aliphatic hydroxyl groups excluding tert-OH is 1. The first-order valence-electron chi connectivity index (χ1n) is 11.9. The molecule has 2 aromatic carbocycles. The molecule has 0 saturated carbocycles. The summed E-state index contributed by atoms with van der Waals surface area (Å²) in [5.41, 5.74) is 4.07. The molecule has 0 aliphatic carbocycles. The van der Waals surface area contributed by atoms with E-state index in [4.69, 9.17) is 5.11 Å². The van der Waals surface area contributed by atoms with Crippen molar-refractivity contribution in [3.8, 4) is 5.69 Å². The Kier molecular flexibility index (Phi) is 7.86. The molecule has 1 N–H and O–H groups in total. The van der Waals surface area contributed by atoms with Crippen LogP contribution in [0.5, 0.6) is 0 Å². The number of carbonyl (C=O) groups excluding carboxylic acids is 1. The van der Waals surface area contributed by atoms with Gasteiger partial charge in [-0.1, -0.05) is 42.5 Å². The lowest BCUT2D eigenvalue weighted by molar-refractivity contribution is -0.119. The fraction of sp³-hybridized carbons (Fsp3) is 0.423. The SMILES string of the molecule is CCC(=O)N(c1ccccc1)C1CCN(CCc2ccc(-n3cc(CCO)nn3)cc2)CC1. The van der Waals surface area contributed by atoms with Gasteiger partial charge in [-0.15, -0.1) is 5.10 Å². The Balaban J connectivity index is 1.29. The Morgan fingerprint density at radius 1 is 1.06 bits per heavy atom. The van der Waals surface area contributed by atoms with Gasteiger partial charge in [-0.2, -0.15) is 0 Å². The summed E-state index contributed by atoms with van der Waals surface area (Å²) in [6, 6.07) is 18.8. The number of aromatic nitrogens is 3. The lowest BCUT2D eigenvalue weighted by atomic mass is 10.0. The third-order valence-corrected chi connectivity index (χ3v) is 6.35. The van der Waals surface area contributed by atoms with Gasteiger partial charge in [0.05, 0.1) is 17.6 Å². The first-order valence-corrected chi connectivity index (χ1v) is 11.9. The highest BCUT2D eigenvalue weighted by atomic mass is 16.3. The standard InChI is InChI=1S/C26H33N5O2/c1-2-26(33)31(24-6-4-3-5-7-24)25-13-17-29(18-14-25)16-12-21-8-10-23(11-9-21)30-20-22(15-19-32)27-28-30/h3-11,20,25,32H,2,12-19H2,1H3. The zero-order valence-corrected chi connectivity index (χ0v) is 19.3. The minimum atomic E-state index is 0.0775. The molecular weight excluding hydrogens is 414 g/mol. The molecule has 3 aromatic rings. The number of likely N-dealkylation sites (tertiary alicyclic amines) is 1. The van der Waals surface area contributed by atoms with Crippen LogP contribution in [-0.2, 0) is 17.6 Å². The van der Waals surface area contributed by atoms with Crippen molar-refractivity contribution in [2.75, 3.05) is 31.1 Å². The van der Waals surface area contributed by atoms with Gasteiger partial charge < -0.3 is 14.9 Å². The molecule has 0 bridgehead atoms. The highest BCUT2D eigenvalue weighted by Crippen LogP contribution is 2.24. The van der Waals surface area contributed by atoms with Gasteiger partial charge in [0, 0.05) is 50.8 Å². The van der Waals surface area contributed by atoms with E-state index in [0.717, 1.165) is 56.0 Å². The Labute approximate surface area is 195 Å². The second-order valence-electron chi connectivity index (χ2n) is 8.57. The van der Waals surface area contributed by atoms with Crippen LogP contribution in [0.2, 0.25) is 0 Å². The molecule has 1 aliphatic rings. The van der Waals surface area contributed by atoms with Crippen molar-refractivity contribution >= 4 is 11.6 Å². The maximum Gasteiger partial charge on any atom is 0.226 e. The molecule has 0 atom stereocenters. The van der Waals surface area contributed by atoms with Crippen molar-refractivity contribution < 1.29 is 9.90 Å². The highest BCUT2D eigenvalue weighted by molar-refractivity contribution is 5.93. The minimum Gasteiger partial charge on any atom is -0.396 e. The molecule has 1 aromatic heterocycles. The third kappa shape index (κ3) is 5.86. The van der Waals surface area contributed by atoms with E-state index in [1.165, 1.54) is 5.56 Å². The van der Waals surface area contributed by atoms with Gasteiger partial charge in [-0.25, -0.2) is 4.68 Å². The lowest BCUT2D eigenvalue weighted by Crippen LogP contribution is -2.47. The second kappa shape index (κ2) is 11.2. The summed E-state index contributed by atoms with van der Waals surface area (Å²) in [6.07, 6.45) is 5.91. The highest BCUT2D eigenvalue weighted by Gasteiger charge is 2.28. The van der Waals surface area contributed by atoms with E-state index in [-0.39, 0.29) is 18.6 Å². The van der Waals surface area contributed by atoms with Gasteiger partial charge in [-0.05, 0) is 49.1 Å². The summed E-state index contributed by atoms with van der Waals surface area (Å²) in [5, 5.41) is 17.2. The Morgan fingerprint density at radius 2 is 1.79 bits per heavy atom. The number of anilines is 1. The molecule has 7 heteroatoms. The van der Waals surface area contributed by atoms with Gasteiger partial charge in [0.1, 0.15) is 0 Å². The molecule has 7 nitrogen and oxygen atoms in total. The van der Waals surface area contributed by atoms with Crippen LogP contribution in [0.4, 0.5) is 5.69 Å². The van der Waals surface area contributed by atoms with Crippen LogP contribution in [0, 0.1) is 0 Å². The number of hydrogen-bond acceptors (Lipinski definition) is 5. The van der Waals surface area contributed by atoms with E-state index < -0.39 is 0 Å². The number of nitrogens with zero attached hydrogens (tertiary/aromatic N) is 5. The molecule has 0 spiro atoms. The van der Waals surface area contributed by atoms with Crippen LogP contribution < -0.4 is 4.90 Å². The van der Waals surface area contributed by atoms with Crippen LogP contribution in [-0.4, -0.2) is 63.2 Å². The van der Waals surface area contributed by atoms with Crippen LogP contribution in [0.15, 0.2) is 60.8 Å². The maximum absolute atomic E-state index is 12.7. The van der Waals surface area contributed by atoms with Gasteiger partial charge >= 0.3 is 0 Å². The molecule has 1 aliphatic heterocycles. The summed E-state index contributed by atoms with van der Waals surface area (Å²) >= 11 is 0. The Bertz CT molecular complexity index is 1010. The monoisotopic (exact) mass is 447 g/mol. The van der Waals surface area contributed by atoms with Crippen LogP contribution in [0.3, 0.4) is 0 Å². The molecule has 4 rings (SSSR count). The van der Waals surface area contributed by atoms with Gasteiger partial charge in [0.15, 0.2) is 0 Å². The molecule has 1 saturated heterocycles. The molecule has 33 heavy (non-hydrogen) atoms. The Hall–Kier alpha value is -3.03. The number of amides is 1. The number of para-hydroxylation sites is 1. The molecule has 1 amide bonds. The van der Waals surface area contributed by atoms with Crippen molar-refractivity contribution in [1.82, 2.24) is 19.9 Å². The average Bonchev–Trinajstić information content (AvgIpc) is 3.33. The first-order chi connectivity index (χ1) is 16.2. The maximum atomic E-state index is 12.7. The average molecular weight is 448 g/mol. The lowest BCUT2D eigenvalue weighted by Gasteiger charge is -2.38. The van der Waals surface area contributed by atoms with Gasteiger partial charge in [-0.3, -0.25) is 4.79 Å². The third-order valence-electron chi connectivity index (χ3n) is 6.35. The van der Waals surface area contributed by atoms with E-state index in [2.05, 4.69) is 39.5 Å². The predicted molar refractivity (Wildman–Crippen MR) is 130 cm³/mol. The fourth-order valence-electron chi connectivity index (χ4n) is 4.47. The summed E-state index contributed by atoms with van der Waals surface area (Å²) in [5.74, 6) is 0.204. The number of benzene rings is 2. The van der Waals surface area contributed by atoms with Gasteiger partial charge in [0.25, 0.3) is 0 Å². The normalized spacial score (nSPS) is 15.0. The number of piperidine rings is 1. The predicted octanol–water partition coefficient (Wildman–Crippen LogP) is 3.25.